The molecule has 0 saturated carbocycles. The molecule has 0 aliphatic heterocycles. The molecule has 1 rings (SSSR count). The number of hydrogen-bond donors (Lipinski definition) is 0. The summed E-state index contributed by atoms with van der Waals surface area (Å²) in [5, 5.41) is 0. The molecule has 0 spiro atoms. The summed E-state index contributed by atoms with van der Waals surface area (Å²) in [5.41, 5.74) is -1.61. The SMILES string of the molecule is COCOc1ccc([B-](F)(F)F)c(F)c1F. The molecule has 8 heteroatoms. The number of benzene rings is 1. The Morgan fingerprint density at radius 3 is 2.25 bits per heavy atom. The Labute approximate surface area is 88.0 Å². The molecule has 2 nitrogen and oxygen atoms in total. The number of methoxy groups -OCH3 is 1. The molecule has 16 heavy (non-hydrogen) atoms. The van der Waals surface area contributed by atoms with Crippen LogP contribution < -0.4 is 10.2 Å². The molecule has 0 atom stereocenters. The minimum absolute atomic E-state index is 0.382. The fraction of sp³-hybridized carbons (Fsp3) is 0.250. The van der Waals surface area contributed by atoms with Gasteiger partial charge in [-0.2, -0.15) is 4.39 Å². The van der Waals surface area contributed by atoms with Crippen molar-refractivity contribution in [3.05, 3.63) is 23.8 Å². The molecule has 0 aliphatic carbocycles. The molecule has 0 bridgehead atoms. The van der Waals surface area contributed by atoms with Crippen LogP contribution in [0.2, 0.25) is 0 Å². The maximum absolute atomic E-state index is 13.1. The first-order valence-corrected chi connectivity index (χ1v) is 4.17. The van der Waals surface area contributed by atoms with E-state index in [-0.39, 0.29) is 6.79 Å². The lowest BCUT2D eigenvalue weighted by Gasteiger charge is -2.17. The van der Waals surface area contributed by atoms with Gasteiger partial charge < -0.3 is 22.4 Å². The van der Waals surface area contributed by atoms with E-state index in [2.05, 4.69) is 9.47 Å². The predicted octanol–water partition coefficient (Wildman–Crippen LogP) is 2.00. The van der Waals surface area contributed by atoms with E-state index in [0.29, 0.717) is 12.1 Å². The first-order chi connectivity index (χ1) is 7.38. The summed E-state index contributed by atoms with van der Waals surface area (Å²) in [6, 6.07) is 1.14. The summed E-state index contributed by atoms with van der Waals surface area (Å²) in [6.07, 6.45) is 0. The third-order valence-corrected chi connectivity index (χ3v) is 1.76. The fourth-order valence-electron chi connectivity index (χ4n) is 1.03. The molecule has 0 amide bonds. The van der Waals surface area contributed by atoms with Crippen LogP contribution in [0.3, 0.4) is 0 Å². The van der Waals surface area contributed by atoms with Gasteiger partial charge in [0.15, 0.2) is 18.4 Å². The van der Waals surface area contributed by atoms with Gasteiger partial charge in [0.2, 0.25) is 0 Å². The quantitative estimate of drug-likeness (QED) is 0.456. The summed E-state index contributed by atoms with van der Waals surface area (Å²) in [5.74, 6) is -4.25. The average molecular weight is 241 g/mol. The molecule has 1 aromatic carbocycles. The van der Waals surface area contributed by atoms with Crippen molar-refractivity contribution in [2.75, 3.05) is 13.9 Å². The normalized spacial score (nSPS) is 11.6. The van der Waals surface area contributed by atoms with Crippen molar-refractivity contribution in [3.63, 3.8) is 0 Å². The lowest BCUT2D eigenvalue weighted by atomic mass is 9.79. The van der Waals surface area contributed by atoms with Crippen LogP contribution in [0.1, 0.15) is 0 Å². The van der Waals surface area contributed by atoms with Gasteiger partial charge in [0, 0.05) is 7.11 Å². The monoisotopic (exact) mass is 241 g/mol. The Hall–Kier alpha value is -1.31. The first-order valence-electron chi connectivity index (χ1n) is 4.17. The summed E-state index contributed by atoms with van der Waals surface area (Å²) in [4.78, 5) is 0. The van der Waals surface area contributed by atoms with Crippen molar-refractivity contribution < 1.29 is 31.2 Å². The topological polar surface area (TPSA) is 18.5 Å². The molecule has 0 saturated heterocycles. The van der Waals surface area contributed by atoms with Crippen molar-refractivity contribution in [1.82, 2.24) is 0 Å². The van der Waals surface area contributed by atoms with E-state index in [1.165, 1.54) is 7.11 Å². The molecule has 0 N–H and O–H groups in total. The summed E-state index contributed by atoms with van der Waals surface area (Å²) in [6.45, 7) is -5.96. The van der Waals surface area contributed by atoms with E-state index in [1.54, 1.807) is 0 Å². The third-order valence-electron chi connectivity index (χ3n) is 1.76. The highest BCUT2D eigenvalue weighted by Gasteiger charge is 2.31. The van der Waals surface area contributed by atoms with Gasteiger partial charge in [0.1, 0.15) is 5.82 Å². The molecule has 0 radical (unpaired) electrons. The smallest absolute Gasteiger partial charge is 0.464 e. The van der Waals surface area contributed by atoms with Crippen LogP contribution in [0, 0.1) is 11.6 Å². The van der Waals surface area contributed by atoms with E-state index >= 15 is 0 Å². The van der Waals surface area contributed by atoms with E-state index in [0.717, 1.165) is 0 Å². The number of hydrogen-bond acceptors (Lipinski definition) is 2. The zero-order chi connectivity index (χ0) is 12.3. The molecule has 0 unspecified atom stereocenters. The second-order valence-electron chi connectivity index (χ2n) is 2.91. The van der Waals surface area contributed by atoms with Gasteiger partial charge >= 0.3 is 6.98 Å². The molecule has 1 aromatic rings. The predicted molar refractivity (Wildman–Crippen MR) is 47.6 cm³/mol. The minimum Gasteiger partial charge on any atom is -0.464 e. The molecule has 0 aliphatic rings. The highest BCUT2D eigenvalue weighted by Crippen LogP contribution is 2.21. The Morgan fingerprint density at radius 2 is 1.75 bits per heavy atom. The Bertz CT molecular complexity index is 379. The molecule has 0 heterocycles. The Balaban J connectivity index is 3.08. The van der Waals surface area contributed by atoms with Crippen molar-refractivity contribution in [1.29, 1.82) is 0 Å². The lowest BCUT2D eigenvalue weighted by molar-refractivity contribution is 0.0478. The minimum atomic E-state index is -5.58. The van der Waals surface area contributed by atoms with Gasteiger partial charge in [0.25, 0.3) is 0 Å². The number of rotatable bonds is 4. The molecular weight excluding hydrogens is 234 g/mol. The van der Waals surface area contributed by atoms with Crippen molar-refractivity contribution >= 4 is 12.4 Å². The van der Waals surface area contributed by atoms with Gasteiger partial charge in [-0.1, -0.05) is 11.5 Å². The summed E-state index contributed by atoms with van der Waals surface area (Å²) in [7, 11) is 1.24. The van der Waals surface area contributed by atoms with E-state index in [9.17, 15) is 21.7 Å². The van der Waals surface area contributed by atoms with E-state index < -0.39 is 29.8 Å². The van der Waals surface area contributed by atoms with Gasteiger partial charge in [0.05, 0.1) is 0 Å². The molecule has 90 valence electrons. The van der Waals surface area contributed by atoms with Crippen LogP contribution in [0.25, 0.3) is 0 Å². The van der Waals surface area contributed by atoms with Crippen LogP contribution >= 0.6 is 0 Å². The van der Waals surface area contributed by atoms with Crippen LogP contribution in [0.15, 0.2) is 12.1 Å². The second kappa shape index (κ2) is 4.69. The zero-order valence-corrected chi connectivity index (χ0v) is 8.15. The van der Waals surface area contributed by atoms with Gasteiger partial charge in [-0.05, 0) is 6.07 Å². The van der Waals surface area contributed by atoms with Gasteiger partial charge in [-0.15, -0.1) is 0 Å². The third kappa shape index (κ3) is 2.63. The van der Waals surface area contributed by atoms with Crippen molar-refractivity contribution in [2.24, 2.45) is 0 Å². The Morgan fingerprint density at radius 1 is 1.12 bits per heavy atom. The van der Waals surface area contributed by atoms with Crippen molar-refractivity contribution in [3.8, 4) is 5.75 Å². The van der Waals surface area contributed by atoms with E-state index in [1.807, 2.05) is 0 Å². The highest BCUT2D eigenvalue weighted by atomic mass is 19.4. The van der Waals surface area contributed by atoms with Gasteiger partial charge in [-0.25, -0.2) is 4.39 Å². The van der Waals surface area contributed by atoms with E-state index in [4.69, 9.17) is 0 Å². The van der Waals surface area contributed by atoms with Crippen LogP contribution in [-0.2, 0) is 4.74 Å². The fourth-order valence-corrected chi connectivity index (χ4v) is 1.03. The van der Waals surface area contributed by atoms with Gasteiger partial charge in [-0.3, -0.25) is 0 Å². The first kappa shape index (κ1) is 12.8. The van der Waals surface area contributed by atoms with Crippen LogP contribution in [0.4, 0.5) is 21.7 Å². The molecule has 0 fully saturated rings. The summed E-state index contributed by atoms with van der Waals surface area (Å²) >= 11 is 0. The average Bonchev–Trinajstić information content (AvgIpc) is 2.18. The maximum atomic E-state index is 13.1. The zero-order valence-electron chi connectivity index (χ0n) is 8.15. The summed E-state index contributed by atoms with van der Waals surface area (Å²) < 4.78 is 71.6. The van der Waals surface area contributed by atoms with Crippen LogP contribution in [0.5, 0.6) is 5.75 Å². The number of ether oxygens (including phenoxy) is 2. The van der Waals surface area contributed by atoms with Crippen molar-refractivity contribution in [2.45, 2.75) is 0 Å². The Kier molecular flexibility index (Phi) is 3.74. The molecule has 0 aromatic heterocycles. The standard InChI is InChI=1S/C8H7BF5O2/c1-15-4-16-6-3-2-5(9(12,13)14)7(10)8(6)11/h2-3H,4H2,1H3/q-1. The molecular formula is C8H7BF5O2-. The highest BCUT2D eigenvalue weighted by molar-refractivity contribution is 6.73. The maximum Gasteiger partial charge on any atom is 0.512 e. The lowest BCUT2D eigenvalue weighted by Crippen LogP contribution is -2.37. The number of halogens is 5. The van der Waals surface area contributed by atoms with Crippen LogP contribution in [-0.4, -0.2) is 20.9 Å². The largest absolute Gasteiger partial charge is 0.512 e. The second-order valence-corrected chi connectivity index (χ2v) is 2.91.